The van der Waals surface area contributed by atoms with Crippen LogP contribution in [0.1, 0.15) is 22.3 Å². The van der Waals surface area contributed by atoms with Crippen molar-refractivity contribution in [2.24, 2.45) is 0 Å². The van der Waals surface area contributed by atoms with Crippen molar-refractivity contribution in [2.75, 3.05) is 0 Å². The van der Waals surface area contributed by atoms with Crippen LogP contribution in [0.4, 0.5) is 26.3 Å². The van der Waals surface area contributed by atoms with Crippen LogP contribution in [0.5, 0.6) is 23.0 Å². The molecule has 1 spiro atoms. The van der Waals surface area contributed by atoms with Gasteiger partial charge < -0.3 is 14.2 Å². The molecule has 0 atom stereocenters. The molecule has 0 amide bonds. The number of rotatable bonds is 5. The Morgan fingerprint density at radius 1 is 0.370 bits per heavy atom. The fourth-order valence-corrected chi connectivity index (χ4v) is 7.86. The summed E-state index contributed by atoms with van der Waals surface area (Å²) >= 11 is 0. The van der Waals surface area contributed by atoms with Crippen molar-refractivity contribution in [2.45, 2.75) is 18.1 Å². The number of hydrogen-bond acceptors (Lipinski definition) is 3. The highest BCUT2D eigenvalue weighted by Gasteiger charge is 2.51. The van der Waals surface area contributed by atoms with Gasteiger partial charge in [0.2, 0.25) is 0 Å². The van der Waals surface area contributed by atoms with Gasteiger partial charge in [0.1, 0.15) is 23.0 Å². The normalized spacial score (nSPS) is 13.7. The third-order valence-electron chi connectivity index (χ3n) is 9.96. The highest BCUT2D eigenvalue weighted by atomic mass is 19.4. The smallest absolute Gasteiger partial charge is 0.457 e. The molecular formula is C45H26F6O3. The number of ether oxygens (including phenoxy) is 3. The zero-order valence-corrected chi connectivity index (χ0v) is 28.0. The van der Waals surface area contributed by atoms with E-state index in [0.29, 0.717) is 28.0 Å². The Balaban J connectivity index is 1.23. The Labute approximate surface area is 305 Å². The van der Waals surface area contributed by atoms with Crippen LogP contribution in [-0.2, 0) is 5.41 Å². The van der Waals surface area contributed by atoms with Crippen LogP contribution in [-0.4, -0.2) is 12.7 Å². The van der Waals surface area contributed by atoms with E-state index in [9.17, 15) is 26.3 Å². The third-order valence-corrected chi connectivity index (χ3v) is 9.96. The Hall–Kier alpha value is -6.48. The maximum absolute atomic E-state index is 12.9. The summed E-state index contributed by atoms with van der Waals surface area (Å²) in [4.78, 5) is 0. The standard InChI is InChI=1S/C45H26F6O3/c46-44(47,48)53-33-18-13-27(14-19-33)30-23-31(28-15-20-34(21-16-28)54-45(49,50)51)25-32(24-30)29-17-22-42-40(26-29)43(39-11-5-6-12-41(39)52-42)37-9-3-1-7-35(37)36-8-2-4-10-38(36)43/h1-26H. The molecule has 9 rings (SSSR count). The third kappa shape index (κ3) is 5.73. The summed E-state index contributed by atoms with van der Waals surface area (Å²) in [6.07, 6.45) is -9.68. The molecule has 2 aliphatic rings. The van der Waals surface area contributed by atoms with Crippen LogP contribution in [0.2, 0.25) is 0 Å². The molecule has 1 aliphatic heterocycles. The fourth-order valence-electron chi connectivity index (χ4n) is 7.86. The minimum absolute atomic E-state index is 0.361. The molecule has 0 unspecified atom stereocenters. The van der Waals surface area contributed by atoms with Gasteiger partial charge in [0.05, 0.1) is 5.41 Å². The van der Waals surface area contributed by atoms with E-state index < -0.39 is 18.1 Å². The SMILES string of the molecule is FC(F)(F)Oc1ccc(-c2cc(-c3ccc(OC(F)(F)F)cc3)cc(-c3ccc4c(c3)C3(c5ccccc5O4)c4ccccc4-c4ccccc43)c2)cc1. The monoisotopic (exact) mass is 728 g/mol. The average Bonchev–Trinajstić information content (AvgIpc) is 3.45. The second-order valence-corrected chi connectivity index (χ2v) is 13.1. The lowest BCUT2D eigenvalue weighted by Crippen LogP contribution is -2.32. The van der Waals surface area contributed by atoms with Crippen molar-refractivity contribution in [1.82, 2.24) is 0 Å². The van der Waals surface area contributed by atoms with Crippen LogP contribution in [0.3, 0.4) is 0 Å². The molecule has 0 N–H and O–H groups in total. The van der Waals surface area contributed by atoms with E-state index in [2.05, 4.69) is 45.9 Å². The summed E-state index contributed by atoms with van der Waals surface area (Å²) < 4.78 is 92.4. The Morgan fingerprint density at radius 2 is 0.778 bits per heavy atom. The highest BCUT2D eigenvalue weighted by molar-refractivity contribution is 5.90. The fraction of sp³-hybridized carbons (Fsp3) is 0.0667. The minimum Gasteiger partial charge on any atom is -0.457 e. The van der Waals surface area contributed by atoms with Gasteiger partial charge in [0.15, 0.2) is 0 Å². The Morgan fingerprint density at radius 3 is 1.28 bits per heavy atom. The van der Waals surface area contributed by atoms with Crippen molar-refractivity contribution in [3.8, 4) is 67.5 Å². The van der Waals surface area contributed by atoms with Crippen LogP contribution in [0.15, 0.2) is 158 Å². The van der Waals surface area contributed by atoms with Crippen molar-refractivity contribution in [1.29, 1.82) is 0 Å². The lowest BCUT2D eigenvalue weighted by Gasteiger charge is -2.39. The summed E-state index contributed by atoms with van der Waals surface area (Å²) in [5.74, 6) is 0.728. The summed E-state index contributed by atoms with van der Waals surface area (Å²) in [5.41, 5.74) is 9.87. The van der Waals surface area contributed by atoms with Crippen molar-refractivity contribution in [3.05, 3.63) is 180 Å². The molecule has 0 radical (unpaired) electrons. The molecule has 1 aliphatic carbocycles. The lowest BCUT2D eigenvalue weighted by molar-refractivity contribution is -0.275. The molecule has 54 heavy (non-hydrogen) atoms. The van der Waals surface area contributed by atoms with Crippen LogP contribution in [0, 0.1) is 0 Å². The molecule has 0 bridgehead atoms. The van der Waals surface area contributed by atoms with E-state index in [1.807, 2.05) is 72.8 Å². The number of fused-ring (bicyclic) bond motifs is 9. The summed E-state index contributed by atoms with van der Waals surface area (Å²) in [5, 5.41) is 0. The van der Waals surface area contributed by atoms with Gasteiger partial charge >= 0.3 is 12.7 Å². The zero-order valence-electron chi connectivity index (χ0n) is 28.0. The topological polar surface area (TPSA) is 27.7 Å². The Kier molecular flexibility index (Phi) is 7.60. The summed E-state index contributed by atoms with van der Waals surface area (Å²) in [7, 11) is 0. The molecule has 266 valence electrons. The molecular weight excluding hydrogens is 702 g/mol. The van der Waals surface area contributed by atoms with Crippen molar-refractivity contribution < 1.29 is 40.6 Å². The molecule has 7 aromatic rings. The molecule has 0 saturated heterocycles. The number of halogens is 6. The lowest BCUT2D eigenvalue weighted by atomic mass is 9.65. The molecule has 3 nitrogen and oxygen atoms in total. The number of benzene rings is 7. The first kappa shape index (κ1) is 33.4. The van der Waals surface area contributed by atoms with Crippen LogP contribution >= 0.6 is 0 Å². The number of para-hydroxylation sites is 1. The number of hydrogen-bond donors (Lipinski definition) is 0. The summed E-state index contributed by atoms with van der Waals surface area (Å²) in [6.45, 7) is 0. The van der Waals surface area contributed by atoms with Gasteiger partial charge in [-0.15, -0.1) is 26.3 Å². The van der Waals surface area contributed by atoms with E-state index in [4.69, 9.17) is 4.74 Å². The molecule has 7 aromatic carbocycles. The molecule has 0 saturated carbocycles. The molecule has 0 aromatic heterocycles. The predicted molar refractivity (Wildman–Crippen MR) is 193 cm³/mol. The largest absolute Gasteiger partial charge is 0.573 e. The first-order valence-corrected chi connectivity index (χ1v) is 17.0. The second kappa shape index (κ2) is 12.3. The highest BCUT2D eigenvalue weighted by Crippen LogP contribution is 2.62. The quantitative estimate of drug-likeness (QED) is 0.165. The summed E-state index contributed by atoms with van der Waals surface area (Å²) in [6, 6.07) is 47.6. The molecule has 0 fully saturated rings. The first-order valence-electron chi connectivity index (χ1n) is 17.0. The van der Waals surface area contributed by atoms with E-state index in [-0.39, 0.29) is 11.5 Å². The van der Waals surface area contributed by atoms with Crippen molar-refractivity contribution >= 4 is 0 Å². The average molecular weight is 729 g/mol. The first-order chi connectivity index (χ1) is 26.0. The van der Waals surface area contributed by atoms with Gasteiger partial charge in [0, 0.05) is 11.1 Å². The predicted octanol–water partition coefficient (Wildman–Crippen LogP) is 13.0. The van der Waals surface area contributed by atoms with Crippen molar-refractivity contribution in [3.63, 3.8) is 0 Å². The molecule has 1 heterocycles. The minimum atomic E-state index is -4.84. The van der Waals surface area contributed by atoms with E-state index in [0.717, 1.165) is 50.3 Å². The number of alkyl halides is 6. The van der Waals surface area contributed by atoms with Gasteiger partial charge in [-0.25, -0.2) is 0 Å². The van der Waals surface area contributed by atoms with E-state index in [1.54, 1.807) is 0 Å². The van der Waals surface area contributed by atoms with Crippen LogP contribution < -0.4 is 14.2 Å². The maximum atomic E-state index is 12.9. The van der Waals surface area contributed by atoms with E-state index in [1.165, 1.54) is 48.5 Å². The molecule has 9 heteroatoms. The van der Waals surface area contributed by atoms with Gasteiger partial charge in [-0.2, -0.15) is 0 Å². The zero-order chi connectivity index (χ0) is 37.2. The van der Waals surface area contributed by atoms with Gasteiger partial charge in [0.25, 0.3) is 0 Å². The van der Waals surface area contributed by atoms with Gasteiger partial charge in [-0.3, -0.25) is 0 Å². The Bertz CT molecular complexity index is 2430. The van der Waals surface area contributed by atoms with Gasteiger partial charge in [-0.1, -0.05) is 97.1 Å². The maximum Gasteiger partial charge on any atom is 0.573 e. The van der Waals surface area contributed by atoms with Crippen LogP contribution in [0.25, 0.3) is 44.5 Å². The van der Waals surface area contributed by atoms with Gasteiger partial charge in [-0.05, 0) is 116 Å². The second-order valence-electron chi connectivity index (χ2n) is 13.1. The van der Waals surface area contributed by atoms with E-state index >= 15 is 0 Å².